The van der Waals surface area contributed by atoms with E-state index in [1.165, 1.54) is 12.0 Å². The molecule has 0 spiro atoms. The summed E-state index contributed by atoms with van der Waals surface area (Å²) in [6, 6.07) is 5.82. The molecule has 5 nitrogen and oxygen atoms in total. The molecule has 2 aromatic heterocycles. The Morgan fingerprint density at radius 3 is 2.92 bits per heavy atom. The Labute approximate surface area is 148 Å². The largest absolute Gasteiger partial charge is 0.392 e. The standard InChI is InChI=1S/C20H26N4O/c1-20(11-4-2-10-17(20)25)13-22-18-14-7-6-9-15(14)23-19(24-18)16-8-3-5-12-21-16/h3,5,8,12,17,25H,2,4,6-7,9-11,13H2,1H3,(H,22,23,24). The van der Waals surface area contributed by atoms with Crippen molar-refractivity contribution in [2.45, 2.75) is 58.0 Å². The Balaban J connectivity index is 1.62. The van der Waals surface area contributed by atoms with Gasteiger partial charge in [0.2, 0.25) is 0 Å². The number of nitrogens with one attached hydrogen (secondary N) is 1. The summed E-state index contributed by atoms with van der Waals surface area (Å²) in [5, 5.41) is 14.0. The predicted molar refractivity (Wildman–Crippen MR) is 98.4 cm³/mol. The van der Waals surface area contributed by atoms with Crippen LogP contribution in [-0.2, 0) is 12.8 Å². The molecule has 25 heavy (non-hydrogen) atoms. The van der Waals surface area contributed by atoms with E-state index in [-0.39, 0.29) is 11.5 Å². The van der Waals surface area contributed by atoms with Crippen LogP contribution in [0.3, 0.4) is 0 Å². The number of nitrogens with zero attached hydrogens (tertiary/aromatic N) is 3. The van der Waals surface area contributed by atoms with E-state index in [9.17, 15) is 5.11 Å². The van der Waals surface area contributed by atoms with Crippen LogP contribution in [0.25, 0.3) is 11.5 Å². The molecule has 2 N–H and O–H groups in total. The van der Waals surface area contributed by atoms with E-state index in [0.717, 1.165) is 62.3 Å². The Bertz CT molecular complexity index is 749. The molecule has 2 aromatic rings. The van der Waals surface area contributed by atoms with Gasteiger partial charge in [-0.2, -0.15) is 0 Å². The fraction of sp³-hybridized carbons (Fsp3) is 0.550. The molecule has 132 valence electrons. The molecule has 4 rings (SSSR count). The van der Waals surface area contributed by atoms with Crippen molar-refractivity contribution in [2.75, 3.05) is 11.9 Å². The van der Waals surface area contributed by atoms with Crippen molar-refractivity contribution in [3.8, 4) is 11.5 Å². The highest BCUT2D eigenvalue weighted by Crippen LogP contribution is 2.37. The number of fused-ring (bicyclic) bond motifs is 1. The zero-order valence-electron chi connectivity index (χ0n) is 14.8. The number of rotatable bonds is 4. The van der Waals surface area contributed by atoms with Gasteiger partial charge in [-0.1, -0.05) is 25.8 Å². The van der Waals surface area contributed by atoms with Gasteiger partial charge in [0.05, 0.1) is 6.10 Å². The van der Waals surface area contributed by atoms with Crippen LogP contribution in [0.1, 0.15) is 50.3 Å². The lowest BCUT2D eigenvalue weighted by molar-refractivity contribution is 0.00957. The van der Waals surface area contributed by atoms with Crippen molar-refractivity contribution < 1.29 is 5.11 Å². The first-order valence-corrected chi connectivity index (χ1v) is 9.39. The lowest BCUT2D eigenvalue weighted by Crippen LogP contribution is -2.41. The fourth-order valence-corrected chi connectivity index (χ4v) is 4.06. The monoisotopic (exact) mass is 338 g/mol. The molecular weight excluding hydrogens is 312 g/mol. The summed E-state index contributed by atoms with van der Waals surface area (Å²) in [7, 11) is 0. The van der Waals surface area contributed by atoms with Crippen molar-refractivity contribution in [3.05, 3.63) is 35.7 Å². The second-order valence-corrected chi connectivity index (χ2v) is 7.66. The third-order valence-electron chi connectivity index (χ3n) is 5.77. The van der Waals surface area contributed by atoms with E-state index < -0.39 is 0 Å². The summed E-state index contributed by atoms with van der Waals surface area (Å²) in [4.78, 5) is 13.9. The quantitative estimate of drug-likeness (QED) is 0.894. The predicted octanol–water partition coefficient (Wildman–Crippen LogP) is 3.38. The lowest BCUT2D eigenvalue weighted by Gasteiger charge is -2.38. The number of aryl methyl sites for hydroxylation is 1. The third-order valence-corrected chi connectivity index (χ3v) is 5.77. The number of aromatic nitrogens is 3. The van der Waals surface area contributed by atoms with Crippen molar-refractivity contribution in [1.82, 2.24) is 15.0 Å². The van der Waals surface area contributed by atoms with Gasteiger partial charge in [0.15, 0.2) is 5.82 Å². The molecule has 0 aromatic carbocycles. The first-order chi connectivity index (χ1) is 12.2. The summed E-state index contributed by atoms with van der Waals surface area (Å²) in [5.41, 5.74) is 3.12. The number of hydrogen-bond donors (Lipinski definition) is 2. The average molecular weight is 338 g/mol. The molecule has 5 heteroatoms. The van der Waals surface area contributed by atoms with Gasteiger partial charge in [0.1, 0.15) is 11.5 Å². The van der Waals surface area contributed by atoms with Crippen LogP contribution in [0, 0.1) is 5.41 Å². The van der Waals surface area contributed by atoms with Gasteiger partial charge in [-0.05, 0) is 44.2 Å². The smallest absolute Gasteiger partial charge is 0.180 e. The number of aliphatic hydroxyl groups is 1. The number of anilines is 1. The highest BCUT2D eigenvalue weighted by molar-refractivity contribution is 5.57. The molecule has 0 radical (unpaired) electrons. The molecule has 2 atom stereocenters. The Morgan fingerprint density at radius 2 is 2.12 bits per heavy atom. The van der Waals surface area contributed by atoms with Gasteiger partial charge in [0, 0.05) is 29.4 Å². The van der Waals surface area contributed by atoms with E-state index in [1.54, 1.807) is 6.20 Å². The Morgan fingerprint density at radius 1 is 1.20 bits per heavy atom. The third kappa shape index (κ3) is 3.25. The van der Waals surface area contributed by atoms with Gasteiger partial charge in [0.25, 0.3) is 0 Å². The highest BCUT2D eigenvalue weighted by Gasteiger charge is 2.35. The van der Waals surface area contributed by atoms with Crippen LogP contribution in [0.5, 0.6) is 0 Å². The summed E-state index contributed by atoms with van der Waals surface area (Å²) in [6.07, 6.45) is 8.98. The second-order valence-electron chi connectivity index (χ2n) is 7.66. The van der Waals surface area contributed by atoms with Crippen LogP contribution in [0.2, 0.25) is 0 Å². The zero-order valence-corrected chi connectivity index (χ0v) is 14.8. The topological polar surface area (TPSA) is 70.9 Å². The first kappa shape index (κ1) is 16.5. The molecule has 2 aliphatic carbocycles. The minimum absolute atomic E-state index is 0.0835. The van der Waals surface area contributed by atoms with Crippen LogP contribution < -0.4 is 5.32 Å². The van der Waals surface area contributed by atoms with Crippen molar-refractivity contribution in [2.24, 2.45) is 5.41 Å². The van der Waals surface area contributed by atoms with E-state index in [1.807, 2.05) is 18.2 Å². The normalized spacial score (nSPS) is 25.6. The van der Waals surface area contributed by atoms with Gasteiger partial charge in [-0.3, -0.25) is 4.98 Å². The number of aliphatic hydroxyl groups excluding tert-OH is 1. The highest BCUT2D eigenvalue weighted by atomic mass is 16.3. The first-order valence-electron chi connectivity index (χ1n) is 9.39. The SMILES string of the molecule is CC1(CNc2nc(-c3ccccn3)nc3c2CCC3)CCCCC1O. The average Bonchev–Trinajstić information content (AvgIpc) is 3.12. The molecule has 0 bridgehead atoms. The summed E-state index contributed by atoms with van der Waals surface area (Å²) in [5.74, 6) is 1.63. The van der Waals surface area contributed by atoms with E-state index in [2.05, 4.69) is 17.2 Å². The van der Waals surface area contributed by atoms with Crippen molar-refractivity contribution >= 4 is 5.82 Å². The molecule has 2 heterocycles. The number of pyridine rings is 1. The van der Waals surface area contributed by atoms with E-state index in [4.69, 9.17) is 9.97 Å². The summed E-state index contributed by atoms with van der Waals surface area (Å²) in [6.45, 7) is 2.93. The van der Waals surface area contributed by atoms with Crippen LogP contribution in [0.4, 0.5) is 5.82 Å². The van der Waals surface area contributed by atoms with Crippen molar-refractivity contribution in [3.63, 3.8) is 0 Å². The molecule has 0 saturated heterocycles. The van der Waals surface area contributed by atoms with Crippen molar-refractivity contribution in [1.29, 1.82) is 0 Å². The molecule has 0 amide bonds. The zero-order chi connectivity index (χ0) is 17.3. The Kier molecular flexibility index (Phi) is 4.42. The van der Waals surface area contributed by atoms with Crippen LogP contribution in [0.15, 0.2) is 24.4 Å². The lowest BCUT2D eigenvalue weighted by atomic mass is 9.73. The Hall–Kier alpha value is -2.01. The maximum Gasteiger partial charge on any atom is 0.180 e. The summed E-state index contributed by atoms with van der Waals surface area (Å²) >= 11 is 0. The number of hydrogen-bond acceptors (Lipinski definition) is 5. The summed E-state index contributed by atoms with van der Waals surface area (Å²) < 4.78 is 0. The van der Waals surface area contributed by atoms with Gasteiger partial charge in [-0.15, -0.1) is 0 Å². The van der Waals surface area contributed by atoms with Crippen LogP contribution in [-0.4, -0.2) is 32.7 Å². The molecule has 0 aliphatic heterocycles. The minimum atomic E-state index is -0.237. The van der Waals surface area contributed by atoms with E-state index >= 15 is 0 Å². The van der Waals surface area contributed by atoms with Gasteiger partial charge < -0.3 is 10.4 Å². The molecule has 1 saturated carbocycles. The molecule has 2 unspecified atom stereocenters. The molecular formula is C20H26N4O. The molecule has 1 fully saturated rings. The van der Waals surface area contributed by atoms with Gasteiger partial charge >= 0.3 is 0 Å². The maximum absolute atomic E-state index is 10.4. The van der Waals surface area contributed by atoms with E-state index in [0.29, 0.717) is 5.82 Å². The van der Waals surface area contributed by atoms with Gasteiger partial charge in [-0.25, -0.2) is 9.97 Å². The van der Waals surface area contributed by atoms with Crippen LogP contribution >= 0.6 is 0 Å². The fourth-order valence-electron chi connectivity index (χ4n) is 4.06. The molecule has 2 aliphatic rings. The minimum Gasteiger partial charge on any atom is -0.392 e. The maximum atomic E-state index is 10.4. The second kappa shape index (κ2) is 6.71.